The van der Waals surface area contributed by atoms with Gasteiger partial charge in [0.1, 0.15) is 11.2 Å². The van der Waals surface area contributed by atoms with Gasteiger partial charge in [-0.15, -0.1) is 0 Å². The van der Waals surface area contributed by atoms with Crippen LogP contribution in [0.2, 0.25) is 5.02 Å². The Bertz CT molecular complexity index is 1550. The molecule has 7 rings (SSSR count). The maximum absolute atomic E-state index is 16.0. The molecule has 1 atom stereocenters. The van der Waals surface area contributed by atoms with E-state index in [2.05, 4.69) is 31.6 Å². The summed E-state index contributed by atoms with van der Waals surface area (Å²) in [6, 6.07) is 1.83. The topological polar surface area (TPSA) is 125 Å². The van der Waals surface area contributed by atoms with Crippen LogP contribution in [-0.2, 0) is 10.4 Å². The summed E-state index contributed by atoms with van der Waals surface area (Å²) in [5, 5.41) is 4.17. The normalized spacial score (nSPS) is 26.9. The number of nitrogens with zero attached hydrogens (tertiary/aromatic N) is 6. The summed E-state index contributed by atoms with van der Waals surface area (Å²) >= 11 is 6.28. The summed E-state index contributed by atoms with van der Waals surface area (Å²) in [5.41, 5.74) is 0.452. The summed E-state index contributed by atoms with van der Waals surface area (Å²) < 4.78 is 27.9. The van der Waals surface area contributed by atoms with Gasteiger partial charge in [-0.3, -0.25) is 14.5 Å². The van der Waals surface area contributed by atoms with Crippen molar-refractivity contribution in [2.75, 3.05) is 13.2 Å². The molecule has 4 aromatic heterocycles. The predicted molar refractivity (Wildman–Crippen MR) is 127 cm³/mol. The highest BCUT2D eigenvalue weighted by Crippen LogP contribution is 2.66. The molecule has 36 heavy (non-hydrogen) atoms. The second kappa shape index (κ2) is 7.66. The average molecular weight is 512 g/mol. The van der Waals surface area contributed by atoms with E-state index in [0.717, 1.165) is 32.1 Å². The number of imidazole rings is 1. The molecule has 1 aliphatic heterocycles. The molecule has 1 spiro atoms. The van der Waals surface area contributed by atoms with Crippen LogP contribution in [0.3, 0.4) is 0 Å². The number of hydrogen-bond acceptors (Lipinski definition) is 8. The van der Waals surface area contributed by atoms with E-state index in [1.54, 1.807) is 12.3 Å². The van der Waals surface area contributed by atoms with Crippen molar-refractivity contribution in [2.24, 2.45) is 11.3 Å². The first-order valence-corrected chi connectivity index (χ1v) is 12.5. The van der Waals surface area contributed by atoms with Gasteiger partial charge in [-0.1, -0.05) is 36.5 Å². The number of halogens is 2. The van der Waals surface area contributed by atoms with Gasteiger partial charge < -0.3 is 9.30 Å². The highest BCUT2D eigenvalue weighted by molar-refractivity contribution is 6.30. The van der Waals surface area contributed by atoms with E-state index < -0.39 is 11.4 Å². The van der Waals surface area contributed by atoms with Crippen LogP contribution in [0.25, 0.3) is 34.1 Å². The molecule has 5 heterocycles. The molecule has 1 N–H and O–H groups in total. The van der Waals surface area contributed by atoms with Crippen LogP contribution in [0.15, 0.2) is 27.8 Å². The molecule has 186 valence electrons. The third-order valence-corrected chi connectivity index (χ3v) is 8.17. The minimum atomic E-state index is -1.71. The standard InChI is InChI=1S/C24H23ClFN7O3/c1-12-2-4-23(5-3-12)7-15(23)33-17-16(13-6-14(25)9-27-8-13)28-19(20-31-22(34)36-32-20)29-18(17)30-21(33)24(26)10-35-11-24/h6,8-9,12,15H,2-5,7,10-11H2,1H3,(H,31,32,34)/t12?,15-,23?/m1/s1. The van der Waals surface area contributed by atoms with E-state index in [4.69, 9.17) is 26.3 Å². The molecule has 0 bridgehead atoms. The largest absolute Gasteiger partial charge is 0.439 e. The number of ether oxygens (including phenoxy) is 1. The van der Waals surface area contributed by atoms with Gasteiger partial charge in [0.2, 0.25) is 17.3 Å². The molecule has 0 amide bonds. The van der Waals surface area contributed by atoms with Crippen LogP contribution >= 0.6 is 11.6 Å². The second-order valence-electron chi connectivity index (χ2n) is 10.4. The van der Waals surface area contributed by atoms with Crippen LogP contribution in [0.5, 0.6) is 0 Å². The first-order valence-electron chi connectivity index (χ1n) is 12.1. The first-order chi connectivity index (χ1) is 17.4. The monoisotopic (exact) mass is 511 g/mol. The lowest BCUT2D eigenvalue weighted by atomic mass is 9.80. The molecular weight excluding hydrogens is 489 g/mol. The Morgan fingerprint density at radius 3 is 2.67 bits per heavy atom. The van der Waals surface area contributed by atoms with E-state index in [1.165, 1.54) is 6.20 Å². The van der Waals surface area contributed by atoms with E-state index in [0.29, 0.717) is 39.2 Å². The summed E-state index contributed by atoms with van der Waals surface area (Å²) in [5.74, 6) is 0.439. The summed E-state index contributed by atoms with van der Waals surface area (Å²) in [4.78, 5) is 32.3. The summed E-state index contributed by atoms with van der Waals surface area (Å²) in [6.07, 6.45) is 8.65. The Hall–Kier alpha value is -3.18. The number of alkyl halides is 1. The van der Waals surface area contributed by atoms with Crippen molar-refractivity contribution in [2.45, 2.75) is 50.7 Å². The van der Waals surface area contributed by atoms with Crippen molar-refractivity contribution >= 4 is 22.8 Å². The molecule has 2 saturated carbocycles. The van der Waals surface area contributed by atoms with Gasteiger partial charge >= 0.3 is 5.76 Å². The fraction of sp³-hybridized carbons (Fsp3) is 0.500. The van der Waals surface area contributed by atoms with Crippen molar-refractivity contribution in [1.82, 2.24) is 34.6 Å². The molecule has 0 aromatic carbocycles. The lowest BCUT2D eigenvalue weighted by molar-refractivity contribution is -0.141. The Morgan fingerprint density at radius 1 is 1.19 bits per heavy atom. The van der Waals surface area contributed by atoms with Crippen molar-refractivity contribution in [3.05, 3.63) is 39.9 Å². The molecule has 3 aliphatic rings. The van der Waals surface area contributed by atoms with Crippen molar-refractivity contribution in [3.8, 4) is 22.9 Å². The zero-order valence-electron chi connectivity index (χ0n) is 19.5. The van der Waals surface area contributed by atoms with Gasteiger partial charge in [-0.25, -0.2) is 24.1 Å². The van der Waals surface area contributed by atoms with Crippen LogP contribution in [0.4, 0.5) is 4.39 Å². The van der Waals surface area contributed by atoms with Crippen LogP contribution in [-0.4, -0.2) is 47.9 Å². The molecular formula is C24H23ClFN7O3. The number of hydrogen-bond donors (Lipinski definition) is 1. The lowest BCUT2D eigenvalue weighted by Gasteiger charge is -2.34. The second-order valence-corrected chi connectivity index (χ2v) is 10.9. The smallest absolute Gasteiger partial charge is 0.374 e. The Balaban J connectivity index is 1.49. The molecule has 0 unspecified atom stereocenters. The van der Waals surface area contributed by atoms with Crippen LogP contribution < -0.4 is 5.76 Å². The number of aromatic amines is 1. The maximum atomic E-state index is 16.0. The predicted octanol–water partition coefficient (Wildman–Crippen LogP) is 4.22. The van der Waals surface area contributed by atoms with E-state index in [1.807, 2.05) is 4.57 Å². The minimum absolute atomic E-state index is 0.0559. The SMILES string of the molecule is CC1CCC2(CC1)C[C@H]2n1c(C2(F)COC2)nc2nc(-c3noc(=O)[nH]3)nc(-c3cncc(Cl)c3)c21. The molecule has 3 fully saturated rings. The number of rotatable bonds is 4. The third kappa shape index (κ3) is 3.32. The van der Waals surface area contributed by atoms with Crippen molar-refractivity contribution in [3.63, 3.8) is 0 Å². The average Bonchev–Trinajstić information content (AvgIpc) is 3.15. The van der Waals surface area contributed by atoms with Gasteiger partial charge in [0, 0.05) is 24.0 Å². The minimum Gasteiger partial charge on any atom is -0.374 e. The van der Waals surface area contributed by atoms with Gasteiger partial charge in [0.05, 0.1) is 18.2 Å². The third-order valence-electron chi connectivity index (χ3n) is 7.97. The molecule has 2 aliphatic carbocycles. The number of pyridine rings is 1. The number of nitrogens with one attached hydrogen (secondary N) is 1. The number of fused-ring (bicyclic) bond motifs is 1. The maximum Gasteiger partial charge on any atom is 0.439 e. The van der Waals surface area contributed by atoms with Crippen molar-refractivity contribution < 1.29 is 13.7 Å². The summed E-state index contributed by atoms with van der Waals surface area (Å²) in [7, 11) is 0. The highest BCUT2D eigenvalue weighted by atomic mass is 35.5. The zero-order valence-corrected chi connectivity index (χ0v) is 20.3. The fourth-order valence-corrected chi connectivity index (χ4v) is 5.95. The van der Waals surface area contributed by atoms with Crippen LogP contribution in [0.1, 0.15) is 50.9 Å². The lowest BCUT2D eigenvalue weighted by Crippen LogP contribution is -2.44. The Kier molecular flexibility index (Phi) is 4.69. The van der Waals surface area contributed by atoms with E-state index >= 15 is 4.39 Å². The van der Waals surface area contributed by atoms with E-state index in [9.17, 15) is 4.79 Å². The zero-order chi connectivity index (χ0) is 24.7. The fourth-order valence-electron chi connectivity index (χ4n) is 5.77. The van der Waals surface area contributed by atoms with Gasteiger partial charge in [-0.05, 0) is 36.7 Å². The van der Waals surface area contributed by atoms with Gasteiger partial charge in [-0.2, -0.15) is 0 Å². The Labute approximate surface area is 209 Å². The van der Waals surface area contributed by atoms with E-state index in [-0.39, 0.29) is 36.3 Å². The molecule has 0 radical (unpaired) electrons. The molecule has 10 nitrogen and oxygen atoms in total. The Morgan fingerprint density at radius 2 is 2.00 bits per heavy atom. The number of H-pyrrole nitrogens is 1. The summed E-state index contributed by atoms with van der Waals surface area (Å²) in [6.45, 7) is 2.18. The van der Waals surface area contributed by atoms with Crippen LogP contribution in [0, 0.1) is 11.3 Å². The van der Waals surface area contributed by atoms with Crippen molar-refractivity contribution in [1.29, 1.82) is 0 Å². The highest BCUT2D eigenvalue weighted by Gasteiger charge is 2.59. The molecule has 12 heteroatoms. The van der Waals surface area contributed by atoms with Gasteiger partial charge in [0.15, 0.2) is 11.5 Å². The molecule has 4 aromatic rings. The van der Waals surface area contributed by atoms with Gasteiger partial charge in [0.25, 0.3) is 0 Å². The number of aromatic nitrogens is 7. The quantitative estimate of drug-likeness (QED) is 0.431. The first kappa shape index (κ1) is 22.1. The molecule has 1 saturated heterocycles.